The second-order valence-corrected chi connectivity index (χ2v) is 3.86. The molecule has 0 amide bonds. The first-order valence-electron chi connectivity index (χ1n) is 5.17. The Kier molecular flexibility index (Phi) is 2.93. The topological polar surface area (TPSA) is 96.2 Å². The number of aromatic nitrogens is 1. The molecule has 1 aromatic heterocycles. The van der Waals surface area contributed by atoms with E-state index in [0.717, 1.165) is 10.9 Å². The second-order valence-electron chi connectivity index (χ2n) is 3.86. The van der Waals surface area contributed by atoms with E-state index < -0.39 is 12.0 Å². The molecule has 0 aliphatic carbocycles. The van der Waals surface area contributed by atoms with E-state index >= 15 is 0 Å². The standard InChI is InChI=1S/C12H12N2O3/c13-9(12(16)17)6-8-5-7-3-1-2-4-10(7)14-11(8)15/h1-5,9H,6,13H2,(H,14,15)(H,16,17). The Morgan fingerprint density at radius 1 is 1.41 bits per heavy atom. The maximum absolute atomic E-state index is 11.7. The molecule has 4 N–H and O–H groups in total. The Bertz CT molecular complexity index is 618. The molecule has 0 aliphatic rings. The number of H-pyrrole nitrogens is 1. The van der Waals surface area contributed by atoms with Gasteiger partial charge in [0.05, 0.1) is 0 Å². The molecule has 0 saturated heterocycles. The van der Waals surface area contributed by atoms with Crippen LogP contribution in [0.3, 0.4) is 0 Å². The largest absolute Gasteiger partial charge is 0.480 e. The van der Waals surface area contributed by atoms with Crippen LogP contribution in [0.1, 0.15) is 5.56 Å². The normalized spacial score (nSPS) is 12.5. The minimum atomic E-state index is -1.11. The molecule has 2 rings (SSSR count). The highest BCUT2D eigenvalue weighted by Gasteiger charge is 2.14. The monoisotopic (exact) mass is 232 g/mol. The van der Waals surface area contributed by atoms with E-state index in [-0.39, 0.29) is 12.0 Å². The molecule has 0 aliphatic heterocycles. The summed E-state index contributed by atoms with van der Waals surface area (Å²) in [5, 5.41) is 9.57. The minimum absolute atomic E-state index is 0.0233. The second kappa shape index (κ2) is 4.39. The number of benzene rings is 1. The number of hydrogen-bond donors (Lipinski definition) is 3. The number of nitrogens with one attached hydrogen (secondary N) is 1. The van der Waals surface area contributed by atoms with Gasteiger partial charge in [-0.1, -0.05) is 18.2 Å². The van der Waals surface area contributed by atoms with Crippen LogP contribution in [0.4, 0.5) is 0 Å². The quantitative estimate of drug-likeness (QED) is 0.717. The Morgan fingerprint density at radius 3 is 2.82 bits per heavy atom. The first-order chi connectivity index (χ1) is 8.08. The highest BCUT2D eigenvalue weighted by molar-refractivity contribution is 5.79. The highest BCUT2D eigenvalue weighted by atomic mass is 16.4. The van der Waals surface area contributed by atoms with Crippen molar-refractivity contribution in [2.24, 2.45) is 5.73 Å². The van der Waals surface area contributed by atoms with Crippen molar-refractivity contribution in [2.45, 2.75) is 12.5 Å². The zero-order valence-corrected chi connectivity index (χ0v) is 9.01. The number of hydrogen-bond acceptors (Lipinski definition) is 3. The fraction of sp³-hybridized carbons (Fsp3) is 0.167. The van der Waals surface area contributed by atoms with Gasteiger partial charge in [-0.2, -0.15) is 0 Å². The van der Waals surface area contributed by atoms with Crippen LogP contribution in [-0.2, 0) is 11.2 Å². The van der Waals surface area contributed by atoms with E-state index in [4.69, 9.17) is 10.8 Å². The van der Waals surface area contributed by atoms with E-state index in [1.54, 1.807) is 12.1 Å². The number of nitrogens with two attached hydrogens (primary N) is 1. The SMILES string of the molecule is NC(Cc1cc2ccccc2[nH]c1=O)C(=O)O. The van der Waals surface area contributed by atoms with Crippen LogP contribution in [0.2, 0.25) is 0 Å². The zero-order chi connectivity index (χ0) is 12.4. The van der Waals surface area contributed by atoms with Crippen molar-refractivity contribution in [1.29, 1.82) is 0 Å². The van der Waals surface area contributed by atoms with Crippen molar-refractivity contribution in [1.82, 2.24) is 4.98 Å². The summed E-state index contributed by atoms with van der Waals surface area (Å²) in [6.07, 6.45) is 0.0233. The summed E-state index contributed by atoms with van der Waals surface area (Å²) >= 11 is 0. The summed E-state index contributed by atoms with van der Waals surface area (Å²) in [6.45, 7) is 0. The van der Waals surface area contributed by atoms with Gasteiger partial charge in [-0.25, -0.2) is 0 Å². The van der Waals surface area contributed by atoms with Crippen LogP contribution in [0.15, 0.2) is 35.1 Å². The number of aromatic amines is 1. The number of rotatable bonds is 3. The zero-order valence-electron chi connectivity index (χ0n) is 9.01. The fourth-order valence-electron chi connectivity index (χ4n) is 1.67. The van der Waals surface area contributed by atoms with Gasteiger partial charge in [-0.05, 0) is 17.5 Å². The van der Waals surface area contributed by atoms with Crippen LogP contribution in [0.25, 0.3) is 10.9 Å². The van der Waals surface area contributed by atoms with Gasteiger partial charge in [0, 0.05) is 17.5 Å². The molecule has 0 radical (unpaired) electrons. The molecule has 0 bridgehead atoms. The maximum Gasteiger partial charge on any atom is 0.320 e. The van der Waals surface area contributed by atoms with Crippen LogP contribution in [-0.4, -0.2) is 22.1 Å². The number of aliphatic carboxylic acids is 1. The number of para-hydroxylation sites is 1. The first-order valence-corrected chi connectivity index (χ1v) is 5.17. The van der Waals surface area contributed by atoms with E-state index in [1.165, 1.54) is 0 Å². The van der Waals surface area contributed by atoms with Gasteiger partial charge in [0.25, 0.3) is 5.56 Å². The smallest absolute Gasteiger partial charge is 0.320 e. The van der Waals surface area contributed by atoms with Gasteiger partial charge in [0.1, 0.15) is 6.04 Å². The average molecular weight is 232 g/mol. The summed E-state index contributed by atoms with van der Waals surface area (Å²) in [6, 6.07) is 7.93. The van der Waals surface area contributed by atoms with Crippen molar-refractivity contribution in [3.8, 4) is 0 Å². The maximum atomic E-state index is 11.7. The number of pyridine rings is 1. The Morgan fingerprint density at radius 2 is 2.12 bits per heavy atom. The van der Waals surface area contributed by atoms with Crippen LogP contribution >= 0.6 is 0 Å². The molecular formula is C12H12N2O3. The van der Waals surface area contributed by atoms with E-state index in [9.17, 15) is 9.59 Å². The summed E-state index contributed by atoms with van der Waals surface area (Å²) < 4.78 is 0. The third-order valence-electron chi connectivity index (χ3n) is 2.59. The van der Waals surface area contributed by atoms with E-state index in [1.807, 2.05) is 18.2 Å². The summed E-state index contributed by atoms with van der Waals surface area (Å²) in [5.74, 6) is -1.11. The lowest BCUT2D eigenvalue weighted by Gasteiger charge is -2.06. The molecule has 0 saturated carbocycles. The van der Waals surface area contributed by atoms with E-state index in [0.29, 0.717) is 5.56 Å². The average Bonchev–Trinajstić information content (AvgIpc) is 2.29. The molecule has 5 nitrogen and oxygen atoms in total. The van der Waals surface area contributed by atoms with Crippen LogP contribution < -0.4 is 11.3 Å². The Labute approximate surface area is 96.9 Å². The highest BCUT2D eigenvalue weighted by Crippen LogP contribution is 2.10. The van der Waals surface area contributed by atoms with Crippen LogP contribution in [0, 0.1) is 0 Å². The predicted molar refractivity (Wildman–Crippen MR) is 63.9 cm³/mol. The molecular weight excluding hydrogens is 220 g/mol. The molecule has 5 heteroatoms. The molecule has 17 heavy (non-hydrogen) atoms. The number of carbonyl (C=O) groups is 1. The van der Waals surface area contributed by atoms with Crippen LogP contribution in [0.5, 0.6) is 0 Å². The predicted octanol–water partition coefficient (Wildman–Crippen LogP) is 0.482. The van der Waals surface area contributed by atoms with Crippen molar-refractivity contribution < 1.29 is 9.90 Å². The first kappa shape index (κ1) is 11.3. The lowest BCUT2D eigenvalue weighted by Crippen LogP contribution is -2.34. The summed E-state index contributed by atoms with van der Waals surface area (Å²) in [7, 11) is 0. The van der Waals surface area contributed by atoms with Crippen molar-refractivity contribution >= 4 is 16.9 Å². The molecule has 1 aromatic carbocycles. The van der Waals surface area contributed by atoms with Gasteiger partial charge in [-0.15, -0.1) is 0 Å². The van der Waals surface area contributed by atoms with Gasteiger partial charge < -0.3 is 15.8 Å². The molecule has 1 atom stereocenters. The fourth-order valence-corrected chi connectivity index (χ4v) is 1.67. The van der Waals surface area contributed by atoms with Crippen molar-refractivity contribution in [3.63, 3.8) is 0 Å². The Hall–Kier alpha value is -2.14. The number of carboxylic acids is 1. The number of carboxylic acid groups (broad SMARTS) is 1. The van der Waals surface area contributed by atoms with Gasteiger partial charge in [0.15, 0.2) is 0 Å². The van der Waals surface area contributed by atoms with Gasteiger partial charge >= 0.3 is 5.97 Å². The van der Waals surface area contributed by atoms with Gasteiger partial charge in [-0.3, -0.25) is 9.59 Å². The Balaban J connectivity index is 2.44. The summed E-state index contributed by atoms with van der Waals surface area (Å²) in [4.78, 5) is 25.0. The molecule has 2 aromatic rings. The lowest BCUT2D eigenvalue weighted by molar-refractivity contribution is -0.138. The van der Waals surface area contributed by atoms with Crippen molar-refractivity contribution in [3.05, 3.63) is 46.2 Å². The minimum Gasteiger partial charge on any atom is -0.480 e. The molecule has 0 fully saturated rings. The molecule has 1 unspecified atom stereocenters. The molecule has 88 valence electrons. The van der Waals surface area contributed by atoms with Crippen molar-refractivity contribution in [2.75, 3.05) is 0 Å². The summed E-state index contributed by atoms with van der Waals surface area (Å²) in [5.41, 5.74) is 6.23. The number of fused-ring (bicyclic) bond motifs is 1. The lowest BCUT2D eigenvalue weighted by atomic mass is 10.1. The van der Waals surface area contributed by atoms with Gasteiger partial charge in [0.2, 0.25) is 0 Å². The third-order valence-corrected chi connectivity index (χ3v) is 2.59. The van der Waals surface area contributed by atoms with E-state index in [2.05, 4.69) is 4.98 Å². The third kappa shape index (κ3) is 2.34. The molecule has 1 heterocycles. The molecule has 0 spiro atoms.